The predicted octanol–water partition coefficient (Wildman–Crippen LogP) is 2.06. The Balaban J connectivity index is 2.13. The van der Waals surface area contributed by atoms with Crippen LogP contribution in [-0.4, -0.2) is 33.0 Å². The second-order valence-electron chi connectivity index (χ2n) is 5.48. The van der Waals surface area contributed by atoms with Gasteiger partial charge < -0.3 is 10.6 Å². The number of benzene rings is 1. The highest BCUT2D eigenvalue weighted by atomic mass is 32.2. The maximum Gasteiger partial charge on any atom is 0.150 e. The summed E-state index contributed by atoms with van der Waals surface area (Å²) in [5, 5.41) is -0.199. The van der Waals surface area contributed by atoms with Crippen LogP contribution in [0.15, 0.2) is 24.3 Å². The van der Waals surface area contributed by atoms with Gasteiger partial charge in [0.2, 0.25) is 0 Å². The van der Waals surface area contributed by atoms with Crippen molar-refractivity contribution in [2.24, 2.45) is 0 Å². The first-order valence-electron chi connectivity index (χ1n) is 6.65. The van der Waals surface area contributed by atoms with Crippen LogP contribution in [0, 0.1) is 0 Å². The lowest BCUT2D eigenvalue weighted by Crippen LogP contribution is -2.40. The molecule has 2 unspecified atom stereocenters. The summed E-state index contributed by atoms with van der Waals surface area (Å²) in [5.74, 6) is 0. The summed E-state index contributed by atoms with van der Waals surface area (Å²) in [6.45, 7) is 0. The van der Waals surface area contributed by atoms with Crippen molar-refractivity contribution in [3.8, 4) is 0 Å². The molecule has 0 saturated heterocycles. The average molecular weight is 282 g/mol. The van der Waals surface area contributed by atoms with E-state index >= 15 is 0 Å². The second-order valence-corrected chi connectivity index (χ2v) is 7.80. The lowest BCUT2D eigenvalue weighted by atomic mass is 9.93. The molecular weight excluding hydrogens is 260 g/mol. The summed E-state index contributed by atoms with van der Waals surface area (Å²) < 4.78 is 23.4. The van der Waals surface area contributed by atoms with Gasteiger partial charge in [-0.15, -0.1) is 0 Å². The van der Waals surface area contributed by atoms with Crippen molar-refractivity contribution in [3.05, 3.63) is 24.3 Å². The third-order valence-electron chi connectivity index (χ3n) is 4.03. The fraction of sp³-hybridized carbons (Fsp3) is 0.571. The maximum absolute atomic E-state index is 11.7. The van der Waals surface area contributed by atoms with Crippen LogP contribution in [0.3, 0.4) is 0 Å². The Morgan fingerprint density at radius 2 is 2.05 bits per heavy atom. The van der Waals surface area contributed by atoms with Crippen LogP contribution in [0.1, 0.15) is 25.7 Å². The Bertz CT molecular complexity index is 542. The van der Waals surface area contributed by atoms with Crippen LogP contribution in [0.5, 0.6) is 0 Å². The molecule has 1 aromatic carbocycles. The molecule has 4 nitrogen and oxygen atoms in total. The highest BCUT2D eigenvalue weighted by Crippen LogP contribution is 2.30. The summed E-state index contributed by atoms with van der Waals surface area (Å²) >= 11 is 0. The lowest BCUT2D eigenvalue weighted by molar-refractivity contribution is 0.422. The second kappa shape index (κ2) is 5.41. The summed E-state index contributed by atoms with van der Waals surface area (Å²) in [5.41, 5.74) is 7.59. The Morgan fingerprint density at radius 1 is 1.32 bits per heavy atom. The summed E-state index contributed by atoms with van der Waals surface area (Å²) in [7, 11) is -0.916. The van der Waals surface area contributed by atoms with Gasteiger partial charge >= 0.3 is 0 Å². The van der Waals surface area contributed by atoms with Gasteiger partial charge in [0.05, 0.1) is 5.25 Å². The molecule has 0 amide bonds. The van der Waals surface area contributed by atoms with E-state index in [1.54, 1.807) is 0 Å². The van der Waals surface area contributed by atoms with E-state index < -0.39 is 9.84 Å². The van der Waals surface area contributed by atoms with Gasteiger partial charge in [0.1, 0.15) is 9.84 Å². The first-order chi connectivity index (χ1) is 8.88. The van der Waals surface area contributed by atoms with Gasteiger partial charge in [0, 0.05) is 30.7 Å². The van der Waals surface area contributed by atoms with Gasteiger partial charge in [-0.3, -0.25) is 0 Å². The van der Waals surface area contributed by atoms with Crippen LogP contribution in [0.25, 0.3) is 0 Å². The van der Waals surface area contributed by atoms with Gasteiger partial charge in [-0.1, -0.05) is 12.5 Å². The van der Waals surface area contributed by atoms with Crippen molar-refractivity contribution in [1.82, 2.24) is 0 Å². The van der Waals surface area contributed by atoms with E-state index in [2.05, 4.69) is 4.90 Å². The SMILES string of the molecule is CN(c1cccc(N)c1)C1CCCC(S(C)(=O)=O)C1. The number of rotatable bonds is 3. The summed E-state index contributed by atoms with van der Waals surface area (Å²) in [6, 6.07) is 8.01. The third-order valence-corrected chi connectivity index (χ3v) is 5.67. The Hall–Kier alpha value is -1.23. The molecule has 0 heterocycles. The van der Waals surface area contributed by atoms with E-state index in [1.165, 1.54) is 6.26 Å². The predicted molar refractivity (Wildman–Crippen MR) is 80.1 cm³/mol. The van der Waals surface area contributed by atoms with Crippen LogP contribution < -0.4 is 10.6 Å². The number of anilines is 2. The number of nitrogens with two attached hydrogens (primary N) is 1. The molecule has 2 N–H and O–H groups in total. The fourth-order valence-electron chi connectivity index (χ4n) is 2.82. The van der Waals surface area contributed by atoms with E-state index in [0.29, 0.717) is 6.42 Å². The van der Waals surface area contributed by atoms with Crippen LogP contribution >= 0.6 is 0 Å². The number of hydrogen-bond donors (Lipinski definition) is 1. The van der Waals surface area contributed by atoms with E-state index in [9.17, 15) is 8.42 Å². The fourth-order valence-corrected chi connectivity index (χ4v) is 3.98. The normalized spacial score (nSPS) is 24.1. The van der Waals surface area contributed by atoms with E-state index in [-0.39, 0.29) is 11.3 Å². The lowest BCUT2D eigenvalue weighted by Gasteiger charge is -2.36. The van der Waals surface area contributed by atoms with Gasteiger partial charge in [0.25, 0.3) is 0 Å². The molecule has 0 radical (unpaired) electrons. The number of nitrogen functional groups attached to an aromatic ring is 1. The quantitative estimate of drug-likeness (QED) is 0.862. The average Bonchev–Trinajstić information content (AvgIpc) is 2.37. The molecule has 106 valence electrons. The maximum atomic E-state index is 11.7. The minimum absolute atomic E-state index is 0.199. The van der Waals surface area contributed by atoms with Crippen LogP contribution in [-0.2, 0) is 9.84 Å². The van der Waals surface area contributed by atoms with Crippen molar-refractivity contribution in [1.29, 1.82) is 0 Å². The minimum atomic E-state index is -2.93. The molecule has 2 atom stereocenters. The zero-order chi connectivity index (χ0) is 14.0. The molecular formula is C14H22N2O2S. The Kier molecular flexibility index (Phi) is 4.04. The number of nitrogens with zero attached hydrogens (tertiary/aromatic N) is 1. The summed E-state index contributed by atoms with van der Waals surface area (Å²) in [6.07, 6.45) is 4.86. The zero-order valence-corrected chi connectivity index (χ0v) is 12.4. The van der Waals surface area contributed by atoms with Crippen LogP contribution in [0.4, 0.5) is 11.4 Å². The highest BCUT2D eigenvalue weighted by Gasteiger charge is 2.30. The molecule has 1 fully saturated rings. The van der Waals surface area contributed by atoms with Gasteiger partial charge in [-0.05, 0) is 37.5 Å². The molecule has 0 spiro atoms. The molecule has 1 aromatic rings. The van der Waals surface area contributed by atoms with Crippen molar-refractivity contribution in [3.63, 3.8) is 0 Å². The first-order valence-corrected chi connectivity index (χ1v) is 8.60. The van der Waals surface area contributed by atoms with Gasteiger partial charge in [-0.2, -0.15) is 0 Å². The molecule has 19 heavy (non-hydrogen) atoms. The van der Waals surface area contributed by atoms with E-state index in [0.717, 1.165) is 30.6 Å². The van der Waals surface area contributed by atoms with Gasteiger partial charge in [0.15, 0.2) is 0 Å². The monoisotopic (exact) mass is 282 g/mol. The minimum Gasteiger partial charge on any atom is -0.399 e. The number of sulfone groups is 1. The molecule has 0 aromatic heterocycles. The smallest absolute Gasteiger partial charge is 0.150 e. The molecule has 1 aliphatic rings. The molecule has 0 aliphatic heterocycles. The van der Waals surface area contributed by atoms with E-state index in [1.807, 2.05) is 31.3 Å². The first kappa shape index (κ1) is 14.2. The Labute approximate surface area is 115 Å². The topological polar surface area (TPSA) is 63.4 Å². The van der Waals surface area contributed by atoms with Gasteiger partial charge in [-0.25, -0.2) is 8.42 Å². The van der Waals surface area contributed by atoms with Crippen molar-refractivity contribution >= 4 is 21.2 Å². The Morgan fingerprint density at radius 3 is 2.68 bits per heavy atom. The molecule has 1 aliphatic carbocycles. The molecule has 2 rings (SSSR count). The molecule has 0 bridgehead atoms. The third kappa shape index (κ3) is 3.41. The molecule has 5 heteroatoms. The van der Waals surface area contributed by atoms with Crippen molar-refractivity contribution < 1.29 is 8.42 Å². The molecule has 1 saturated carbocycles. The van der Waals surface area contributed by atoms with Crippen molar-refractivity contribution in [2.75, 3.05) is 23.9 Å². The summed E-state index contributed by atoms with van der Waals surface area (Å²) in [4.78, 5) is 2.16. The highest BCUT2D eigenvalue weighted by molar-refractivity contribution is 7.91. The zero-order valence-electron chi connectivity index (χ0n) is 11.5. The standard InChI is InChI=1S/C14H22N2O2S/c1-16(12-6-3-5-11(15)9-12)13-7-4-8-14(10-13)19(2,17)18/h3,5-6,9,13-14H,4,7-8,10,15H2,1-2H3. The van der Waals surface area contributed by atoms with Crippen LogP contribution in [0.2, 0.25) is 0 Å². The van der Waals surface area contributed by atoms with Crippen molar-refractivity contribution in [2.45, 2.75) is 37.0 Å². The number of hydrogen-bond acceptors (Lipinski definition) is 4. The van der Waals surface area contributed by atoms with E-state index in [4.69, 9.17) is 5.73 Å². The largest absolute Gasteiger partial charge is 0.399 e.